The molecule has 0 amide bonds. The summed E-state index contributed by atoms with van der Waals surface area (Å²) in [6.45, 7) is 2.29. The number of pyridine rings is 1. The number of aliphatic carboxylic acids is 1. The molecule has 1 unspecified atom stereocenters. The van der Waals surface area contributed by atoms with Crippen LogP contribution in [0.2, 0.25) is 0 Å². The molecule has 1 saturated heterocycles. The van der Waals surface area contributed by atoms with Crippen LogP contribution in [-0.2, 0) is 4.79 Å². The number of carbonyl (C=O) groups is 1. The maximum absolute atomic E-state index is 11.6. The fourth-order valence-electron chi connectivity index (χ4n) is 2.92. The number of nitrogens with zero attached hydrogens (tertiary/aromatic N) is 3. The molecule has 0 bridgehead atoms. The molecule has 0 saturated carbocycles. The number of benzene rings is 1. The Kier molecular flexibility index (Phi) is 3.02. The van der Waals surface area contributed by atoms with Gasteiger partial charge in [0.15, 0.2) is 0 Å². The smallest absolute Gasteiger partial charge is 0.329 e. The molecular weight excluding hydrogens is 266 g/mol. The molecule has 1 N–H and O–H groups in total. The average Bonchev–Trinajstić information content (AvgIpc) is 2.89. The van der Waals surface area contributed by atoms with Crippen LogP contribution in [0.4, 0.5) is 5.82 Å². The van der Waals surface area contributed by atoms with E-state index in [4.69, 9.17) is 0 Å². The van der Waals surface area contributed by atoms with Crippen molar-refractivity contribution >= 4 is 22.7 Å². The maximum Gasteiger partial charge on any atom is 0.329 e. The van der Waals surface area contributed by atoms with Crippen molar-refractivity contribution in [1.29, 1.82) is 5.26 Å². The quantitative estimate of drug-likeness (QED) is 0.915. The van der Waals surface area contributed by atoms with Gasteiger partial charge in [0, 0.05) is 11.9 Å². The van der Waals surface area contributed by atoms with Crippen LogP contribution < -0.4 is 4.90 Å². The van der Waals surface area contributed by atoms with Crippen molar-refractivity contribution in [3.05, 3.63) is 35.9 Å². The summed E-state index contributed by atoms with van der Waals surface area (Å²) in [6.07, 6.45) is 1.34. The molecule has 0 radical (unpaired) electrons. The highest BCUT2D eigenvalue weighted by Crippen LogP contribution is 2.35. The van der Waals surface area contributed by atoms with Crippen LogP contribution in [0.5, 0.6) is 0 Å². The largest absolute Gasteiger partial charge is 0.480 e. The lowest BCUT2D eigenvalue weighted by molar-refractivity contribution is -0.142. The number of carboxylic acid groups (broad SMARTS) is 1. The predicted octanol–water partition coefficient (Wildman–Crippen LogP) is 2.55. The molecule has 1 aliphatic heterocycles. The van der Waals surface area contributed by atoms with Gasteiger partial charge in [0.2, 0.25) is 0 Å². The minimum absolute atomic E-state index is 0.420. The van der Waals surface area contributed by atoms with E-state index in [1.165, 1.54) is 0 Å². The van der Waals surface area contributed by atoms with Crippen LogP contribution in [-0.4, -0.2) is 28.1 Å². The van der Waals surface area contributed by atoms with E-state index in [2.05, 4.69) is 11.1 Å². The van der Waals surface area contributed by atoms with Gasteiger partial charge in [0.1, 0.15) is 17.4 Å². The standard InChI is InChI=1S/C16H15N3O2/c1-16(15(20)21)7-4-8-19(16)14-12(10-17)9-11-5-2-3-6-13(11)18-14/h2-3,5-6,9H,4,7-8H2,1H3,(H,20,21). The second-order valence-electron chi connectivity index (χ2n) is 5.50. The minimum Gasteiger partial charge on any atom is -0.480 e. The Morgan fingerprint density at radius 3 is 2.95 bits per heavy atom. The minimum atomic E-state index is -0.999. The second-order valence-corrected chi connectivity index (χ2v) is 5.50. The van der Waals surface area contributed by atoms with Gasteiger partial charge >= 0.3 is 5.97 Å². The fourth-order valence-corrected chi connectivity index (χ4v) is 2.92. The monoisotopic (exact) mass is 281 g/mol. The van der Waals surface area contributed by atoms with Crippen LogP contribution in [0.25, 0.3) is 10.9 Å². The number of fused-ring (bicyclic) bond motifs is 1. The molecule has 5 nitrogen and oxygen atoms in total. The normalized spacial score (nSPS) is 21.4. The van der Waals surface area contributed by atoms with E-state index in [9.17, 15) is 15.2 Å². The summed E-state index contributed by atoms with van der Waals surface area (Å²) >= 11 is 0. The van der Waals surface area contributed by atoms with Crippen molar-refractivity contribution in [2.75, 3.05) is 11.4 Å². The van der Waals surface area contributed by atoms with Crippen LogP contribution in [0.15, 0.2) is 30.3 Å². The maximum atomic E-state index is 11.6. The third kappa shape index (κ3) is 2.00. The van der Waals surface area contributed by atoms with Gasteiger partial charge in [0.05, 0.1) is 11.1 Å². The Balaban J connectivity index is 2.20. The van der Waals surface area contributed by atoms with E-state index >= 15 is 0 Å². The third-order valence-electron chi connectivity index (χ3n) is 4.18. The Labute approximate surface area is 122 Å². The van der Waals surface area contributed by atoms with Gasteiger partial charge < -0.3 is 10.0 Å². The Bertz CT molecular complexity index is 766. The summed E-state index contributed by atoms with van der Waals surface area (Å²) in [5.41, 5.74) is 0.190. The lowest BCUT2D eigenvalue weighted by Gasteiger charge is -2.32. The first-order valence-corrected chi connectivity index (χ1v) is 6.87. The van der Waals surface area contributed by atoms with Crippen molar-refractivity contribution in [3.63, 3.8) is 0 Å². The molecule has 21 heavy (non-hydrogen) atoms. The van der Waals surface area contributed by atoms with Crippen molar-refractivity contribution < 1.29 is 9.90 Å². The Hall–Kier alpha value is -2.61. The van der Waals surface area contributed by atoms with Crippen molar-refractivity contribution in [2.24, 2.45) is 0 Å². The topological polar surface area (TPSA) is 77.2 Å². The number of hydrogen-bond acceptors (Lipinski definition) is 4. The molecule has 5 heteroatoms. The third-order valence-corrected chi connectivity index (χ3v) is 4.18. The molecule has 1 aliphatic rings. The van der Waals surface area contributed by atoms with Gasteiger partial charge in [0.25, 0.3) is 0 Å². The first-order chi connectivity index (χ1) is 10.1. The Morgan fingerprint density at radius 1 is 1.48 bits per heavy atom. The van der Waals surface area contributed by atoms with Gasteiger partial charge in [-0.15, -0.1) is 0 Å². The summed E-state index contributed by atoms with van der Waals surface area (Å²) in [6, 6.07) is 11.5. The number of carboxylic acids is 1. The summed E-state index contributed by atoms with van der Waals surface area (Å²) in [5, 5.41) is 19.8. The zero-order valence-corrected chi connectivity index (χ0v) is 11.7. The van der Waals surface area contributed by atoms with Crippen molar-refractivity contribution in [1.82, 2.24) is 4.98 Å². The predicted molar refractivity (Wildman–Crippen MR) is 79.1 cm³/mol. The van der Waals surface area contributed by atoms with Gasteiger partial charge in [-0.2, -0.15) is 5.26 Å². The van der Waals surface area contributed by atoms with E-state index in [1.807, 2.05) is 24.3 Å². The lowest BCUT2D eigenvalue weighted by Crippen LogP contribution is -2.48. The molecule has 3 rings (SSSR count). The van der Waals surface area contributed by atoms with Crippen LogP contribution in [0.1, 0.15) is 25.3 Å². The SMILES string of the molecule is CC1(C(=O)O)CCCN1c1nc2ccccc2cc1C#N. The highest BCUT2D eigenvalue weighted by Gasteiger charge is 2.44. The highest BCUT2D eigenvalue weighted by molar-refractivity contribution is 5.87. The summed E-state index contributed by atoms with van der Waals surface area (Å²) < 4.78 is 0. The summed E-state index contributed by atoms with van der Waals surface area (Å²) in [5.74, 6) is -0.405. The molecule has 1 aromatic carbocycles. The van der Waals surface area contributed by atoms with Gasteiger partial charge in [-0.1, -0.05) is 18.2 Å². The van der Waals surface area contributed by atoms with E-state index in [-0.39, 0.29) is 0 Å². The molecule has 1 atom stereocenters. The molecule has 2 aromatic rings. The molecule has 2 heterocycles. The lowest BCUT2D eigenvalue weighted by atomic mass is 9.99. The van der Waals surface area contributed by atoms with Crippen LogP contribution in [0, 0.1) is 11.3 Å². The molecule has 0 aliphatic carbocycles. The average molecular weight is 281 g/mol. The number of para-hydroxylation sites is 1. The number of nitriles is 1. The molecule has 106 valence electrons. The molecule has 1 aromatic heterocycles. The highest BCUT2D eigenvalue weighted by atomic mass is 16.4. The summed E-state index contributed by atoms with van der Waals surface area (Å²) in [4.78, 5) is 17.9. The van der Waals surface area contributed by atoms with E-state index in [0.717, 1.165) is 17.3 Å². The second kappa shape index (κ2) is 4.74. The zero-order chi connectivity index (χ0) is 15.0. The first kappa shape index (κ1) is 13.4. The number of aromatic nitrogens is 1. The van der Waals surface area contributed by atoms with Crippen molar-refractivity contribution in [3.8, 4) is 6.07 Å². The van der Waals surface area contributed by atoms with Crippen LogP contribution >= 0.6 is 0 Å². The van der Waals surface area contributed by atoms with Crippen LogP contribution in [0.3, 0.4) is 0 Å². The Morgan fingerprint density at radius 2 is 2.24 bits per heavy atom. The zero-order valence-electron chi connectivity index (χ0n) is 11.7. The van der Waals surface area contributed by atoms with E-state index in [0.29, 0.717) is 24.3 Å². The molecule has 0 spiro atoms. The molecule has 1 fully saturated rings. The van der Waals surface area contributed by atoms with Crippen molar-refractivity contribution in [2.45, 2.75) is 25.3 Å². The molecular formula is C16H15N3O2. The van der Waals surface area contributed by atoms with Gasteiger partial charge in [-0.3, -0.25) is 0 Å². The number of anilines is 1. The van der Waals surface area contributed by atoms with E-state index < -0.39 is 11.5 Å². The summed E-state index contributed by atoms with van der Waals surface area (Å²) in [7, 11) is 0. The fraction of sp³-hybridized carbons (Fsp3) is 0.312. The van der Waals surface area contributed by atoms with E-state index in [1.54, 1.807) is 17.9 Å². The van der Waals surface area contributed by atoms with Gasteiger partial charge in [-0.05, 0) is 31.9 Å². The number of hydrogen-bond donors (Lipinski definition) is 1. The van der Waals surface area contributed by atoms with Gasteiger partial charge in [-0.25, -0.2) is 9.78 Å². The number of rotatable bonds is 2. The first-order valence-electron chi connectivity index (χ1n) is 6.87.